The van der Waals surface area contributed by atoms with Gasteiger partial charge in [-0.05, 0) is 86.4 Å². The van der Waals surface area contributed by atoms with Crippen LogP contribution in [0.25, 0.3) is 10.1 Å². The van der Waals surface area contributed by atoms with Gasteiger partial charge in [0, 0.05) is 43.3 Å². The van der Waals surface area contributed by atoms with Crippen molar-refractivity contribution >= 4 is 39.0 Å². The van der Waals surface area contributed by atoms with Gasteiger partial charge in [0.1, 0.15) is 5.82 Å². The van der Waals surface area contributed by atoms with E-state index in [-0.39, 0.29) is 11.9 Å². The Morgan fingerprint density at radius 2 is 1.97 bits per heavy atom. The number of piperazine rings is 1. The maximum absolute atomic E-state index is 12.2. The number of anilines is 2. The SMILES string of the molecule is Nc1ccc2c(N3CCN(CCC4CCC(NC(=O)c5ccco5)CC4)CC3)nsc2c1. The van der Waals surface area contributed by atoms with Crippen molar-refractivity contribution in [1.82, 2.24) is 14.6 Å². The van der Waals surface area contributed by atoms with Gasteiger partial charge in [-0.1, -0.05) is 0 Å². The Balaban J connectivity index is 1.04. The number of nitrogens with zero attached hydrogens (tertiary/aromatic N) is 3. The summed E-state index contributed by atoms with van der Waals surface area (Å²) in [6, 6.07) is 9.82. The molecule has 170 valence electrons. The lowest BCUT2D eigenvalue weighted by atomic mass is 9.84. The number of furan rings is 1. The van der Waals surface area contributed by atoms with E-state index in [0.717, 1.165) is 63.0 Å². The molecule has 0 bridgehead atoms. The van der Waals surface area contributed by atoms with Gasteiger partial charge in [-0.3, -0.25) is 9.69 Å². The summed E-state index contributed by atoms with van der Waals surface area (Å²) in [5, 5.41) is 4.34. The monoisotopic (exact) mass is 453 g/mol. The van der Waals surface area contributed by atoms with Gasteiger partial charge in [0.25, 0.3) is 5.91 Å². The Kier molecular flexibility index (Phi) is 6.32. The summed E-state index contributed by atoms with van der Waals surface area (Å²) >= 11 is 1.54. The van der Waals surface area contributed by atoms with Crippen LogP contribution in [0.3, 0.4) is 0 Å². The molecule has 0 unspecified atom stereocenters. The normalized spacial score (nSPS) is 22.3. The van der Waals surface area contributed by atoms with Crippen LogP contribution in [-0.2, 0) is 0 Å². The van der Waals surface area contributed by atoms with Crippen LogP contribution in [0.1, 0.15) is 42.7 Å². The second kappa shape index (κ2) is 9.50. The number of nitrogens with two attached hydrogens (primary N) is 1. The number of nitrogens with one attached hydrogen (secondary N) is 1. The summed E-state index contributed by atoms with van der Waals surface area (Å²) in [5.74, 6) is 2.19. The zero-order chi connectivity index (χ0) is 21.9. The molecule has 7 nitrogen and oxygen atoms in total. The third kappa shape index (κ3) is 4.76. The average Bonchev–Trinajstić information content (AvgIpc) is 3.49. The number of carbonyl (C=O) groups is 1. The lowest BCUT2D eigenvalue weighted by Crippen LogP contribution is -2.47. The van der Waals surface area contributed by atoms with Crippen LogP contribution in [0.15, 0.2) is 41.0 Å². The molecule has 0 atom stereocenters. The Hall–Kier alpha value is -2.58. The summed E-state index contributed by atoms with van der Waals surface area (Å²) < 4.78 is 11.1. The van der Waals surface area contributed by atoms with E-state index in [1.807, 2.05) is 12.1 Å². The highest BCUT2D eigenvalue weighted by atomic mass is 32.1. The third-order valence-electron chi connectivity index (χ3n) is 6.93. The Labute approximate surface area is 192 Å². The first-order valence-electron chi connectivity index (χ1n) is 11.6. The number of benzene rings is 1. The van der Waals surface area contributed by atoms with E-state index in [1.165, 1.54) is 40.9 Å². The molecule has 0 radical (unpaired) electrons. The number of rotatable bonds is 6. The van der Waals surface area contributed by atoms with Crippen LogP contribution >= 0.6 is 11.5 Å². The van der Waals surface area contributed by atoms with E-state index in [4.69, 9.17) is 14.5 Å². The van der Waals surface area contributed by atoms with Gasteiger partial charge in [0.15, 0.2) is 5.76 Å². The van der Waals surface area contributed by atoms with E-state index < -0.39 is 0 Å². The van der Waals surface area contributed by atoms with Crippen molar-refractivity contribution < 1.29 is 9.21 Å². The highest BCUT2D eigenvalue weighted by molar-refractivity contribution is 7.13. The van der Waals surface area contributed by atoms with Crippen molar-refractivity contribution in [3.63, 3.8) is 0 Å². The van der Waals surface area contributed by atoms with Crippen molar-refractivity contribution in [2.75, 3.05) is 43.4 Å². The van der Waals surface area contributed by atoms with Crippen LogP contribution in [0.2, 0.25) is 0 Å². The van der Waals surface area contributed by atoms with Gasteiger partial charge >= 0.3 is 0 Å². The van der Waals surface area contributed by atoms with Crippen molar-refractivity contribution in [2.24, 2.45) is 5.92 Å². The molecular weight excluding hydrogens is 422 g/mol. The first kappa shape index (κ1) is 21.3. The minimum absolute atomic E-state index is 0.0901. The molecule has 1 saturated carbocycles. The average molecular weight is 454 g/mol. The predicted octanol–water partition coefficient (Wildman–Crippen LogP) is 3.97. The number of fused-ring (bicyclic) bond motifs is 1. The lowest BCUT2D eigenvalue weighted by Gasteiger charge is -2.36. The minimum atomic E-state index is -0.0901. The molecule has 1 amide bonds. The van der Waals surface area contributed by atoms with E-state index in [1.54, 1.807) is 18.4 Å². The molecule has 1 aliphatic carbocycles. The standard InChI is InChI=1S/C24H31N5O2S/c25-18-5-8-20-22(16-18)32-27-23(20)29-13-11-28(12-14-29)10-9-17-3-6-19(7-4-17)26-24(30)21-2-1-15-31-21/h1-2,5,8,15-17,19H,3-4,6-7,9-14,25H2,(H,26,30). The van der Waals surface area contributed by atoms with E-state index in [2.05, 4.69) is 21.2 Å². The first-order valence-corrected chi connectivity index (χ1v) is 12.4. The zero-order valence-electron chi connectivity index (χ0n) is 18.3. The van der Waals surface area contributed by atoms with Crippen LogP contribution in [0.4, 0.5) is 11.5 Å². The van der Waals surface area contributed by atoms with Gasteiger partial charge in [-0.25, -0.2) is 0 Å². The zero-order valence-corrected chi connectivity index (χ0v) is 19.2. The second-order valence-electron chi connectivity index (χ2n) is 9.05. The summed E-state index contributed by atoms with van der Waals surface area (Å²) in [6.07, 6.45) is 7.30. The van der Waals surface area contributed by atoms with Crippen LogP contribution < -0.4 is 16.0 Å². The van der Waals surface area contributed by atoms with Gasteiger partial charge < -0.3 is 20.4 Å². The fourth-order valence-corrected chi connectivity index (χ4v) is 5.82. The van der Waals surface area contributed by atoms with Crippen LogP contribution in [0.5, 0.6) is 0 Å². The Bertz CT molecular complexity index is 1030. The van der Waals surface area contributed by atoms with Crippen molar-refractivity contribution in [3.8, 4) is 0 Å². The number of amides is 1. The molecule has 1 saturated heterocycles. The first-order chi connectivity index (χ1) is 15.7. The Morgan fingerprint density at radius 3 is 2.72 bits per heavy atom. The number of nitrogen functional groups attached to an aromatic ring is 1. The summed E-state index contributed by atoms with van der Waals surface area (Å²) in [7, 11) is 0. The molecule has 8 heteroatoms. The maximum Gasteiger partial charge on any atom is 0.287 e. The van der Waals surface area contributed by atoms with E-state index in [9.17, 15) is 4.79 Å². The summed E-state index contributed by atoms with van der Waals surface area (Å²) in [6.45, 7) is 5.38. The quantitative estimate of drug-likeness (QED) is 0.549. The van der Waals surface area contributed by atoms with Crippen molar-refractivity contribution in [2.45, 2.75) is 38.1 Å². The molecule has 1 aromatic carbocycles. The minimum Gasteiger partial charge on any atom is -0.459 e. The van der Waals surface area contributed by atoms with Crippen LogP contribution in [0, 0.1) is 5.92 Å². The van der Waals surface area contributed by atoms with Gasteiger partial charge in [-0.15, -0.1) is 0 Å². The lowest BCUT2D eigenvalue weighted by molar-refractivity contribution is 0.0891. The third-order valence-corrected chi connectivity index (χ3v) is 7.73. The van der Waals surface area contributed by atoms with Gasteiger partial charge in [-0.2, -0.15) is 4.37 Å². The molecule has 3 aromatic rings. The smallest absolute Gasteiger partial charge is 0.287 e. The molecule has 2 fully saturated rings. The van der Waals surface area contributed by atoms with Gasteiger partial charge in [0.2, 0.25) is 0 Å². The molecule has 3 N–H and O–H groups in total. The van der Waals surface area contributed by atoms with E-state index in [0.29, 0.717) is 5.76 Å². The Morgan fingerprint density at radius 1 is 1.16 bits per heavy atom. The molecule has 0 spiro atoms. The number of hydrogen-bond acceptors (Lipinski definition) is 7. The van der Waals surface area contributed by atoms with Crippen LogP contribution in [-0.4, -0.2) is 53.9 Å². The van der Waals surface area contributed by atoms with E-state index >= 15 is 0 Å². The highest BCUT2D eigenvalue weighted by Crippen LogP contribution is 2.32. The van der Waals surface area contributed by atoms with Crippen molar-refractivity contribution in [1.29, 1.82) is 0 Å². The van der Waals surface area contributed by atoms with Gasteiger partial charge in [0.05, 0.1) is 11.0 Å². The molecule has 5 rings (SSSR count). The molecule has 1 aliphatic heterocycles. The van der Waals surface area contributed by atoms with Crippen molar-refractivity contribution in [3.05, 3.63) is 42.4 Å². The molecule has 2 aliphatic rings. The number of aromatic nitrogens is 1. The molecular formula is C24H31N5O2S. The molecule has 3 heterocycles. The largest absolute Gasteiger partial charge is 0.459 e. The highest BCUT2D eigenvalue weighted by Gasteiger charge is 2.25. The number of hydrogen-bond donors (Lipinski definition) is 2. The number of carbonyl (C=O) groups excluding carboxylic acids is 1. The fourth-order valence-electron chi connectivity index (χ4n) is 4.98. The fraction of sp³-hybridized carbons (Fsp3) is 0.500. The maximum atomic E-state index is 12.2. The molecule has 32 heavy (non-hydrogen) atoms. The topological polar surface area (TPSA) is 87.6 Å². The summed E-state index contributed by atoms with van der Waals surface area (Å²) in [4.78, 5) is 17.2. The molecule has 2 aromatic heterocycles. The summed E-state index contributed by atoms with van der Waals surface area (Å²) in [5.41, 5.74) is 6.71. The second-order valence-corrected chi connectivity index (χ2v) is 9.85. The predicted molar refractivity (Wildman–Crippen MR) is 129 cm³/mol.